The SMILES string of the molecule is COc1cc(C=C[N+](=O)[O-])c(Br)cc1OCc1ccccc1Cl. The molecular weight excluding hydrogens is 386 g/mol. The Labute approximate surface area is 146 Å². The molecule has 5 nitrogen and oxygen atoms in total. The van der Waals surface area contributed by atoms with Gasteiger partial charge in [0.05, 0.1) is 12.0 Å². The van der Waals surface area contributed by atoms with Crippen LogP contribution >= 0.6 is 27.5 Å². The van der Waals surface area contributed by atoms with E-state index in [0.29, 0.717) is 26.6 Å². The average Bonchev–Trinajstić information content (AvgIpc) is 2.53. The van der Waals surface area contributed by atoms with E-state index in [1.807, 2.05) is 18.2 Å². The first-order valence-electron chi connectivity index (χ1n) is 6.56. The predicted octanol–water partition coefficient (Wildman–Crippen LogP) is 4.94. The van der Waals surface area contributed by atoms with E-state index < -0.39 is 4.92 Å². The summed E-state index contributed by atoms with van der Waals surface area (Å²) in [5.74, 6) is 0.987. The van der Waals surface area contributed by atoms with Gasteiger partial charge in [0.2, 0.25) is 6.20 Å². The largest absolute Gasteiger partial charge is 0.493 e. The quantitative estimate of drug-likeness (QED) is 0.511. The van der Waals surface area contributed by atoms with Gasteiger partial charge in [0.15, 0.2) is 11.5 Å². The molecule has 0 saturated carbocycles. The van der Waals surface area contributed by atoms with Crippen LogP contribution in [0.1, 0.15) is 11.1 Å². The summed E-state index contributed by atoms with van der Waals surface area (Å²) in [6.07, 6.45) is 2.24. The molecule has 0 N–H and O–H groups in total. The highest BCUT2D eigenvalue weighted by Gasteiger charge is 2.10. The van der Waals surface area contributed by atoms with Gasteiger partial charge in [-0.1, -0.05) is 45.7 Å². The van der Waals surface area contributed by atoms with Crippen molar-refractivity contribution in [2.45, 2.75) is 6.61 Å². The number of hydrogen-bond donors (Lipinski definition) is 0. The Kier molecular flexibility index (Phi) is 6.01. The molecule has 0 atom stereocenters. The van der Waals surface area contributed by atoms with Crippen molar-refractivity contribution in [2.75, 3.05) is 7.11 Å². The zero-order valence-corrected chi connectivity index (χ0v) is 14.5. The van der Waals surface area contributed by atoms with E-state index in [-0.39, 0.29) is 6.61 Å². The van der Waals surface area contributed by atoms with E-state index in [2.05, 4.69) is 15.9 Å². The Bertz CT molecular complexity index is 749. The van der Waals surface area contributed by atoms with Gasteiger partial charge in [-0.25, -0.2) is 0 Å². The van der Waals surface area contributed by atoms with Crippen LogP contribution in [0.15, 0.2) is 47.1 Å². The van der Waals surface area contributed by atoms with Gasteiger partial charge in [-0.3, -0.25) is 10.1 Å². The second kappa shape index (κ2) is 7.99. The molecular formula is C16H13BrClNO4. The maximum Gasteiger partial charge on any atom is 0.235 e. The molecule has 0 aliphatic carbocycles. The summed E-state index contributed by atoms with van der Waals surface area (Å²) in [5.41, 5.74) is 1.47. The highest BCUT2D eigenvalue weighted by atomic mass is 79.9. The van der Waals surface area contributed by atoms with Crippen LogP contribution in [0.4, 0.5) is 0 Å². The van der Waals surface area contributed by atoms with Crippen LogP contribution in [0, 0.1) is 10.1 Å². The minimum Gasteiger partial charge on any atom is -0.493 e. The van der Waals surface area contributed by atoms with Gasteiger partial charge >= 0.3 is 0 Å². The highest BCUT2D eigenvalue weighted by Crippen LogP contribution is 2.35. The summed E-state index contributed by atoms with van der Waals surface area (Å²) in [6, 6.07) is 10.8. The van der Waals surface area contributed by atoms with E-state index in [1.54, 1.807) is 18.2 Å². The first-order valence-corrected chi connectivity index (χ1v) is 7.74. The number of benzene rings is 2. The van der Waals surface area contributed by atoms with Crippen molar-refractivity contribution in [1.29, 1.82) is 0 Å². The van der Waals surface area contributed by atoms with Gasteiger partial charge in [0, 0.05) is 21.1 Å². The number of rotatable bonds is 6. The summed E-state index contributed by atoms with van der Waals surface area (Å²) < 4.78 is 11.7. The van der Waals surface area contributed by atoms with Crippen molar-refractivity contribution < 1.29 is 14.4 Å². The van der Waals surface area contributed by atoms with Crippen molar-refractivity contribution in [2.24, 2.45) is 0 Å². The molecule has 0 heterocycles. The molecule has 120 valence electrons. The van der Waals surface area contributed by atoms with E-state index >= 15 is 0 Å². The maximum atomic E-state index is 10.4. The molecule has 0 aromatic heterocycles. The van der Waals surface area contributed by atoms with Crippen molar-refractivity contribution in [3.63, 3.8) is 0 Å². The summed E-state index contributed by atoms with van der Waals surface area (Å²) in [4.78, 5) is 9.90. The Morgan fingerprint density at radius 1 is 1.30 bits per heavy atom. The first-order chi connectivity index (χ1) is 11.0. The van der Waals surface area contributed by atoms with Crippen LogP contribution in [0.3, 0.4) is 0 Å². The topological polar surface area (TPSA) is 61.6 Å². The molecule has 2 aromatic rings. The average molecular weight is 399 g/mol. The zero-order valence-electron chi connectivity index (χ0n) is 12.2. The summed E-state index contributed by atoms with van der Waals surface area (Å²) in [6.45, 7) is 0.284. The van der Waals surface area contributed by atoms with Gasteiger partial charge in [0.25, 0.3) is 0 Å². The normalized spacial score (nSPS) is 10.7. The van der Waals surface area contributed by atoms with Crippen LogP contribution in [-0.4, -0.2) is 12.0 Å². The minimum atomic E-state index is -0.527. The number of nitrogens with zero attached hydrogens (tertiary/aromatic N) is 1. The van der Waals surface area contributed by atoms with Crippen molar-refractivity contribution in [1.82, 2.24) is 0 Å². The lowest BCUT2D eigenvalue weighted by Gasteiger charge is -2.13. The van der Waals surface area contributed by atoms with Crippen molar-refractivity contribution in [3.05, 3.63) is 73.3 Å². The van der Waals surface area contributed by atoms with E-state index in [1.165, 1.54) is 13.2 Å². The molecule has 0 unspecified atom stereocenters. The number of halogens is 2. The fourth-order valence-corrected chi connectivity index (χ4v) is 2.51. The molecule has 7 heteroatoms. The third kappa shape index (κ3) is 4.71. The second-order valence-corrected chi connectivity index (χ2v) is 5.77. The van der Waals surface area contributed by atoms with Gasteiger partial charge in [0.1, 0.15) is 6.61 Å². The maximum absolute atomic E-state index is 10.4. The van der Waals surface area contributed by atoms with Gasteiger partial charge < -0.3 is 9.47 Å². The Balaban J connectivity index is 2.23. The molecule has 0 saturated heterocycles. The van der Waals surface area contributed by atoms with Crippen LogP contribution in [0.5, 0.6) is 11.5 Å². The fraction of sp³-hybridized carbons (Fsp3) is 0.125. The third-order valence-corrected chi connectivity index (χ3v) is 4.06. The first kappa shape index (κ1) is 17.3. The van der Waals surface area contributed by atoms with Crippen LogP contribution in [0.25, 0.3) is 6.08 Å². The van der Waals surface area contributed by atoms with Crippen LogP contribution in [-0.2, 0) is 6.61 Å². The summed E-state index contributed by atoms with van der Waals surface area (Å²) >= 11 is 9.46. The second-order valence-electron chi connectivity index (χ2n) is 4.51. The summed E-state index contributed by atoms with van der Waals surface area (Å²) in [5, 5.41) is 11.1. The fourth-order valence-electron chi connectivity index (χ4n) is 1.86. The Morgan fingerprint density at radius 2 is 2.04 bits per heavy atom. The van der Waals surface area contributed by atoms with E-state index in [9.17, 15) is 10.1 Å². The summed E-state index contributed by atoms with van der Waals surface area (Å²) in [7, 11) is 1.51. The third-order valence-electron chi connectivity index (χ3n) is 3.00. The van der Waals surface area contributed by atoms with Crippen LogP contribution < -0.4 is 9.47 Å². The molecule has 0 amide bonds. The van der Waals surface area contributed by atoms with Crippen molar-refractivity contribution in [3.8, 4) is 11.5 Å². The number of methoxy groups -OCH3 is 1. The molecule has 0 bridgehead atoms. The van der Waals surface area contributed by atoms with E-state index in [4.69, 9.17) is 21.1 Å². The van der Waals surface area contributed by atoms with E-state index in [0.717, 1.165) is 11.8 Å². The van der Waals surface area contributed by atoms with Gasteiger partial charge in [-0.2, -0.15) is 0 Å². The molecule has 0 aliphatic heterocycles. The lowest BCUT2D eigenvalue weighted by molar-refractivity contribution is -0.400. The highest BCUT2D eigenvalue weighted by molar-refractivity contribution is 9.10. The molecule has 0 aliphatic rings. The minimum absolute atomic E-state index is 0.284. The molecule has 2 aromatic carbocycles. The number of nitro groups is 1. The molecule has 2 rings (SSSR count). The Hall–Kier alpha value is -2.05. The molecule has 0 spiro atoms. The Morgan fingerprint density at radius 3 is 2.70 bits per heavy atom. The standard InChI is InChI=1S/C16H13BrClNO4/c1-22-15-8-11(6-7-19(20)21)13(17)9-16(15)23-10-12-4-2-3-5-14(12)18/h2-9H,10H2,1H3. The van der Waals surface area contributed by atoms with Gasteiger partial charge in [-0.05, 0) is 23.8 Å². The monoisotopic (exact) mass is 397 g/mol. The molecule has 0 fully saturated rings. The molecule has 23 heavy (non-hydrogen) atoms. The smallest absolute Gasteiger partial charge is 0.235 e. The predicted molar refractivity (Wildman–Crippen MR) is 92.5 cm³/mol. The number of hydrogen-bond acceptors (Lipinski definition) is 4. The lowest BCUT2D eigenvalue weighted by Crippen LogP contribution is -1.99. The van der Waals surface area contributed by atoms with Crippen LogP contribution in [0.2, 0.25) is 5.02 Å². The zero-order chi connectivity index (χ0) is 16.8. The molecule has 0 radical (unpaired) electrons. The van der Waals surface area contributed by atoms with Gasteiger partial charge in [-0.15, -0.1) is 0 Å². The van der Waals surface area contributed by atoms with Crippen molar-refractivity contribution >= 4 is 33.6 Å². The number of ether oxygens (including phenoxy) is 2. The lowest BCUT2D eigenvalue weighted by atomic mass is 10.2.